The van der Waals surface area contributed by atoms with Crippen LogP contribution in [0.15, 0.2) is 36.4 Å². The molecule has 0 aliphatic rings. The largest absolute Gasteiger partial charge is 0.493 e. The van der Waals surface area contributed by atoms with Gasteiger partial charge in [-0.3, -0.25) is 5.10 Å². The molecule has 4 aromatic rings. The molecule has 0 fully saturated rings. The number of aromatic amines is 1. The van der Waals surface area contributed by atoms with Crippen LogP contribution in [0.5, 0.6) is 5.88 Å². The minimum atomic E-state index is -0.300. The van der Waals surface area contributed by atoms with Gasteiger partial charge in [-0.2, -0.15) is 14.7 Å². The van der Waals surface area contributed by atoms with Crippen LogP contribution in [0.4, 0.5) is 4.39 Å². The smallest absolute Gasteiger partial charge is 0.215 e. The molecule has 0 aliphatic carbocycles. The zero-order valence-electron chi connectivity index (χ0n) is 14.5. The van der Waals surface area contributed by atoms with Crippen LogP contribution in [0.2, 0.25) is 0 Å². The van der Waals surface area contributed by atoms with E-state index in [2.05, 4.69) is 20.3 Å². The zero-order chi connectivity index (χ0) is 18.3. The van der Waals surface area contributed by atoms with Crippen LogP contribution in [0.25, 0.3) is 16.9 Å². The molecule has 0 saturated carbocycles. The van der Waals surface area contributed by atoms with Gasteiger partial charge in [-0.25, -0.2) is 9.37 Å². The first-order chi connectivity index (χ1) is 12.5. The number of aromatic nitrogens is 5. The summed E-state index contributed by atoms with van der Waals surface area (Å²) < 4.78 is 14.5. The lowest BCUT2D eigenvalue weighted by Crippen LogP contribution is -2.00. The molecule has 0 aliphatic heterocycles. The van der Waals surface area contributed by atoms with Gasteiger partial charge in [0.2, 0.25) is 5.88 Å². The number of nitrogens with zero attached hydrogens (tertiary/aromatic N) is 4. The Morgan fingerprint density at radius 1 is 1.12 bits per heavy atom. The lowest BCUT2D eigenvalue weighted by molar-refractivity contribution is 0.434. The summed E-state index contributed by atoms with van der Waals surface area (Å²) in [5, 5.41) is 21.8. The second kappa shape index (κ2) is 6.25. The number of hydrogen-bond donors (Lipinski definition) is 2. The van der Waals surface area contributed by atoms with E-state index in [1.165, 1.54) is 22.2 Å². The highest BCUT2D eigenvalue weighted by Crippen LogP contribution is 2.23. The molecule has 7 heteroatoms. The Morgan fingerprint density at radius 2 is 1.88 bits per heavy atom. The molecule has 3 aromatic heterocycles. The van der Waals surface area contributed by atoms with Crippen LogP contribution in [0.3, 0.4) is 0 Å². The fraction of sp³-hybridized carbons (Fsp3) is 0.211. The highest BCUT2D eigenvalue weighted by Gasteiger charge is 2.12. The predicted octanol–water partition coefficient (Wildman–Crippen LogP) is 3.37. The van der Waals surface area contributed by atoms with Gasteiger partial charge in [0.25, 0.3) is 0 Å². The lowest BCUT2D eigenvalue weighted by atomic mass is 10.1. The van der Waals surface area contributed by atoms with E-state index in [1.54, 1.807) is 24.3 Å². The Morgan fingerprint density at radius 3 is 2.58 bits per heavy atom. The van der Waals surface area contributed by atoms with Gasteiger partial charge in [-0.1, -0.05) is 0 Å². The second-order valence-electron chi connectivity index (χ2n) is 6.32. The van der Waals surface area contributed by atoms with Gasteiger partial charge in [0.05, 0.1) is 11.4 Å². The fourth-order valence-corrected chi connectivity index (χ4v) is 3.09. The summed E-state index contributed by atoms with van der Waals surface area (Å²) in [6.07, 6.45) is 1.47. The molecular formula is C19H18FN5O. The van der Waals surface area contributed by atoms with E-state index in [0.717, 1.165) is 29.1 Å². The number of hydrogen-bond acceptors (Lipinski definition) is 4. The molecule has 0 bridgehead atoms. The molecule has 0 atom stereocenters. The van der Waals surface area contributed by atoms with Crippen molar-refractivity contribution in [3.63, 3.8) is 0 Å². The number of H-pyrrole nitrogens is 1. The van der Waals surface area contributed by atoms with E-state index in [-0.39, 0.29) is 11.7 Å². The van der Waals surface area contributed by atoms with Crippen LogP contribution in [0, 0.1) is 19.7 Å². The molecule has 26 heavy (non-hydrogen) atoms. The van der Waals surface area contributed by atoms with E-state index < -0.39 is 0 Å². The third kappa shape index (κ3) is 2.92. The molecule has 0 saturated heterocycles. The maximum absolute atomic E-state index is 13.1. The third-order valence-corrected chi connectivity index (χ3v) is 4.51. The van der Waals surface area contributed by atoms with E-state index >= 15 is 0 Å². The molecule has 1 aromatic carbocycles. The summed E-state index contributed by atoms with van der Waals surface area (Å²) >= 11 is 0. The average molecular weight is 351 g/mol. The molecule has 0 radical (unpaired) electrons. The van der Waals surface area contributed by atoms with Gasteiger partial charge in [0.1, 0.15) is 5.82 Å². The quantitative estimate of drug-likeness (QED) is 0.591. The van der Waals surface area contributed by atoms with Crippen molar-refractivity contribution in [2.24, 2.45) is 0 Å². The first-order valence-corrected chi connectivity index (χ1v) is 8.36. The SMILES string of the molecule is Cc1n[nH]c(C)c1CCc1cc(O)n2nc(-c3ccc(F)cc3)cc2n1. The number of rotatable bonds is 4. The molecule has 0 amide bonds. The molecule has 6 nitrogen and oxygen atoms in total. The Labute approximate surface area is 149 Å². The summed E-state index contributed by atoms with van der Waals surface area (Å²) in [5.41, 5.74) is 5.94. The third-order valence-electron chi connectivity index (χ3n) is 4.51. The van der Waals surface area contributed by atoms with Crippen molar-refractivity contribution in [2.45, 2.75) is 26.7 Å². The minimum absolute atomic E-state index is 0.0269. The van der Waals surface area contributed by atoms with Crippen LogP contribution >= 0.6 is 0 Å². The van der Waals surface area contributed by atoms with Crippen molar-refractivity contribution in [3.8, 4) is 17.1 Å². The normalized spacial score (nSPS) is 11.3. The van der Waals surface area contributed by atoms with E-state index in [1.807, 2.05) is 13.8 Å². The van der Waals surface area contributed by atoms with Crippen molar-refractivity contribution in [1.29, 1.82) is 0 Å². The summed E-state index contributed by atoms with van der Waals surface area (Å²) in [4.78, 5) is 4.59. The number of aryl methyl sites for hydroxylation is 3. The molecular weight excluding hydrogens is 333 g/mol. The lowest BCUT2D eigenvalue weighted by Gasteiger charge is -2.04. The predicted molar refractivity (Wildman–Crippen MR) is 95.5 cm³/mol. The van der Waals surface area contributed by atoms with Gasteiger partial charge in [-0.15, -0.1) is 0 Å². The summed E-state index contributed by atoms with van der Waals surface area (Å²) in [5.74, 6) is -0.274. The minimum Gasteiger partial charge on any atom is -0.493 e. The molecule has 3 heterocycles. The Bertz CT molecular complexity index is 1060. The Hall–Kier alpha value is -3.22. The average Bonchev–Trinajstić information content (AvgIpc) is 3.18. The van der Waals surface area contributed by atoms with Crippen molar-refractivity contribution < 1.29 is 9.50 Å². The van der Waals surface area contributed by atoms with E-state index in [9.17, 15) is 9.50 Å². The molecule has 0 unspecified atom stereocenters. The van der Waals surface area contributed by atoms with Gasteiger partial charge in [0.15, 0.2) is 5.65 Å². The highest BCUT2D eigenvalue weighted by atomic mass is 19.1. The first-order valence-electron chi connectivity index (χ1n) is 8.36. The monoisotopic (exact) mass is 351 g/mol. The van der Waals surface area contributed by atoms with E-state index in [4.69, 9.17) is 0 Å². The first kappa shape index (κ1) is 16.3. The van der Waals surface area contributed by atoms with E-state index in [0.29, 0.717) is 17.8 Å². The Balaban J connectivity index is 1.64. The summed E-state index contributed by atoms with van der Waals surface area (Å²) in [7, 11) is 0. The van der Waals surface area contributed by atoms with Crippen LogP contribution in [0.1, 0.15) is 22.6 Å². The van der Waals surface area contributed by atoms with Crippen molar-refractivity contribution >= 4 is 5.65 Å². The number of aromatic hydroxyl groups is 1. The fourth-order valence-electron chi connectivity index (χ4n) is 3.09. The zero-order valence-corrected chi connectivity index (χ0v) is 14.5. The van der Waals surface area contributed by atoms with Gasteiger partial charge < -0.3 is 5.11 Å². The highest BCUT2D eigenvalue weighted by molar-refractivity contribution is 5.64. The summed E-state index contributed by atoms with van der Waals surface area (Å²) in [6.45, 7) is 3.97. The summed E-state index contributed by atoms with van der Waals surface area (Å²) in [6, 6.07) is 9.48. The molecule has 132 valence electrons. The molecule has 2 N–H and O–H groups in total. The van der Waals surface area contributed by atoms with Crippen molar-refractivity contribution in [2.75, 3.05) is 0 Å². The Kier molecular flexibility index (Phi) is 3.91. The van der Waals surface area contributed by atoms with Crippen LogP contribution in [-0.4, -0.2) is 29.9 Å². The molecule has 0 spiro atoms. The van der Waals surface area contributed by atoms with Crippen LogP contribution in [-0.2, 0) is 12.8 Å². The number of nitrogens with one attached hydrogen (secondary N) is 1. The number of fused-ring (bicyclic) bond motifs is 1. The van der Waals surface area contributed by atoms with Crippen LogP contribution < -0.4 is 0 Å². The van der Waals surface area contributed by atoms with Crippen molar-refractivity contribution in [1.82, 2.24) is 24.8 Å². The second-order valence-corrected chi connectivity index (χ2v) is 6.32. The topological polar surface area (TPSA) is 79.1 Å². The van der Waals surface area contributed by atoms with Gasteiger partial charge in [-0.05, 0) is 56.5 Å². The van der Waals surface area contributed by atoms with Gasteiger partial charge >= 0.3 is 0 Å². The maximum Gasteiger partial charge on any atom is 0.215 e. The number of halogens is 1. The number of benzene rings is 1. The standard InChI is InChI=1S/C19H18FN5O/c1-11-16(12(2)23-22-11)8-7-15-9-19(26)25-18(21-15)10-17(24-25)13-3-5-14(20)6-4-13/h3-6,9-10,26H,7-8H2,1-2H3,(H,22,23). The maximum atomic E-state index is 13.1. The van der Waals surface area contributed by atoms with Crippen molar-refractivity contribution in [3.05, 3.63) is 64.9 Å². The van der Waals surface area contributed by atoms with Gasteiger partial charge in [0, 0.05) is 29.1 Å². The molecule has 4 rings (SSSR count).